The number of primary amides is 1. The van der Waals surface area contributed by atoms with Crippen LogP contribution in [-0.4, -0.2) is 73.5 Å². The van der Waals surface area contributed by atoms with Gasteiger partial charge in [-0.05, 0) is 71.2 Å². The zero-order valence-corrected chi connectivity index (χ0v) is 15.8. The number of nitrogens with one attached hydrogen (secondary N) is 1. The highest BCUT2D eigenvalue weighted by Crippen LogP contribution is 2.17. The molecule has 144 valence electrons. The van der Waals surface area contributed by atoms with E-state index >= 15 is 0 Å². The first kappa shape index (κ1) is 20.0. The fraction of sp³-hybridized carbons (Fsp3) is 0.889. The van der Waals surface area contributed by atoms with Gasteiger partial charge in [0.15, 0.2) is 5.96 Å². The summed E-state index contributed by atoms with van der Waals surface area (Å²) in [6, 6.07) is 0.564. The van der Waals surface area contributed by atoms with Crippen molar-refractivity contribution >= 4 is 11.9 Å². The van der Waals surface area contributed by atoms with Crippen molar-refractivity contribution in [3.63, 3.8) is 0 Å². The summed E-state index contributed by atoms with van der Waals surface area (Å²) in [5.41, 5.74) is 11.3. The third-order valence-corrected chi connectivity index (χ3v) is 5.57. The van der Waals surface area contributed by atoms with Crippen LogP contribution >= 0.6 is 0 Å². The van der Waals surface area contributed by atoms with E-state index in [0.717, 1.165) is 65.0 Å². The van der Waals surface area contributed by atoms with Crippen molar-refractivity contribution in [2.75, 3.05) is 45.8 Å². The van der Waals surface area contributed by atoms with Crippen LogP contribution in [0.2, 0.25) is 0 Å². The van der Waals surface area contributed by atoms with Gasteiger partial charge >= 0.3 is 0 Å². The predicted molar refractivity (Wildman–Crippen MR) is 102 cm³/mol. The number of unbranched alkanes of at least 4 members (excludes halogenated alkanes) is 1. The fourth-order valence-corrected chi connectivity index (χ4v) is 3.90. The maximum atomic E-state index is 11.2. The molecule has 0 aromatic carbocycles. The van der Waals surface area contributed by atoms with Gasteiger partial charge in [-0.2, -0.15) is 0 Å². The number of hydrogen-bond acceptors (Lipinski definition) is 4. The molecule has 0 saturated carbocycles. The van der Waals surface area contributed by atoms with Crippen molar-refractivity contribution in [1.82, 2.24) is 15.1 Å². The highest BCUT2D eigenvalue weighted by Gasteiger charge is 2.23. The minimum absolute atomic E-state index is 0.0810. The Morgan fingerprint density at radius 3 is 2.60 bits per heavy atom. The molecule has 0 aliphatic carbocycles. The van der Waals surface area contributed by atoms with Gasteiger partial charge in [0.2, 0.25) is 5.91 Å². The molecule has 25 heavy (non-hydrogen) atoms. The third-order valence-electron chi connectivity index (χ3n) is 5.57. The van der Waals surface area contributed by atoms with E-state index < -0.39 is 0 Å². The summed E-state index contributed by atoms with van der Waals surface area (Å²) >= 11 is 0. The molecule has 5 N–H and O–H groups in total. The summed E-state index contributed by atoms with van der Waals surface area (Å²) in [4.78, 5) is 20.6. The molecule has 0 bridgehead atoms. The molecule has 2 heterocycles. The number of aliphatic imine (C=N–C) groups is 1. The molecule has 1 atom stereocenters. The first-order valence-electron chi connectivity index (χ1n) is 9.89. The molecular formula is C18H36N6O. The van der Waals surface area contributed by atoms with E-state index in [-0.39, 0.29) is 11.8 Å². The van der Waals surface area contributed by atoms with Crippen molar-refractivity contribution in [3.8, 4) is 0 Å². The number of carbonyl (C=O) groups excluding carboxylic acids is 1. The van der Waals surface area contributed by atoms with Gasteiger partial charge in [0.25, 0.3) is 0 Å². The topological polar surface area (TPSA) is 100.0 Å². The monoisotopic (exact) mass is 352 g/mol. The zero-order valence-electron chi connectivity index (χ0n) is 15.8. The number of likely N-dealkylation sites (N-methyl/N-ethyl adjacent to an activating group) is 1. The van der Waals surface area contributed by atoms with E-state index in [0.29, 0.717) is 12.0 Å². The number of amides is 1. The number of carbonyl (C=O) groups is 1. The lowest BCUT2D eigenvalue weighted by Crippen LogP contribution is -2.39. The van der Waals surface area contributed by atoms with Gasteiger partial charge in [-0.3, -0.25) is 14.7 Å². The molecular weight excluding hydrogens is 316 g/mol. The maximum absolute atomic E-state index is 11.2. The van der Waals surface area contributed by atoms with Crippen molar-refractivity contribution in [1.29, 1.82) is 0 Å². The summed E-state index contributed by atoms with van der Waals surface area (Å²) in [7, 11) is 0. The van der Waals surface area contributed by atoms with Gasteiger partial charge in [0.05, 0.1) is 6.54 Å². The van der Waals surface area contributed by atoms with Crippen LogP contribution in [0.5, 0.6) is 0 Å². The number of rotatable bonds is 9. The van der Waals surface area contributed by atoms with Crippen LogP contribution in [0.4, 0.5) is 0 Å². The van der Waals surface area contributed by atoms with Crippen molar-refractivity contribution in [3.05, 3.63) is 0 Å². The van der Waals surface area contributed by atoms with E-state index in [2.05, 4.69) is 27.0 Å². The van der Waals surface area contributed by atoms with Crippen LogP contribution in [0.3, 0.4) is 0 Å². The fourth-order valence-electron chi connectivity index (χ4n) is 3.90. The summed E-state index contributed by atoms with van der Waals surface area (Å²) in [6.07, 6.45) is 6.53. The Balaban J connectivity index is 1.51. The van der Waals surface area contributed by atoms with Crippen LogP contribution in [0.25, 0.3) is 0 Å². The number of piperidine rings is 1. The summed E-state index contributed by atoms with van der Waals surface area (Å²) < 4.78 is 0. The van der Waals surface area contributed by atoms with Crippen LogP contribution in [0.15, 0.2) is 4.99 Å². The summed E-state index contributed by atoms with van der Waals surface area (Å²) in [5, 5.41) is 3.23. The average Bonchev–Trinajstić information content (AvgIpc) is 3.07. The Bertz CT molecular complexity index is 433. The Labute approximate surface area is 152 Å². The number of nitrogens with zero attached hydrogens (tertiary/aromatic N) is 3. The molecule has 2 saturated heterocycles. The lowest BCUT2D eigenvalue weighted by molar-refractivity contribution is -0.123. The lowest BCUT2D eigenvalue weighted by Gasteiger charge is -2.30. The van der Waals surface area contributed by atoms with E-state index in [9.17, 15) is 4.79 Å². The quantitative estimate of drug-likeness (QED) is 0.316. The molecule has 0 spiro atoms. The molecule has 2 fully saturated rings. The van der Waals surface area contributed by atoms with Gasteiger partial charge in [-0.15, -0.1) is 0 Å². The Kier molecular flexibility index (Phi) is 8.48. The zero-order chi connectivity index (χ0) is 18.1. The Hall–Kier alpha value is -1.34. The van der Waals surface area contributed by atoms with E-state index in [1.807, 2.05) is 0 Å². The minimum atomic E-state index is -0.140. The molecule has 2 rings (SSSR count). The molecule has 1 amide bonds. The van der Waals surface area contributed by atoms with Crippen LogP contribution < -0.4 is 16.8 Å². The third kappa shape index (κ3) is 6.82. The minimum Gasteiger partial charge on any atom is -0.370 e. The SMILES string of the molecule is CCN1CCCC1CN=C(N)NCCCCN1CCC(C(N)=O)CC1. The normalized spacial score (nSPS) is 23.9. The van der Waals surface area contributed by atoms with Crippen LogP contribution in [0, 0.1) is 5.92 Å². The highest BCUT2D eigenvalue weighted by molar-refractivity contribution is 5.77. The standard InChI is InChI=1S/C18H36N6O/c1-2-24-11-5-6-16(24)14-22-18(20)21-9-3-4-10-23-12-7-15(8-13-23)17(19)25/h15-16H,2-14H2,1H3,(H2,19,25)(H3,20,21,22). The van der Waals surface area contributed by atoms with Gasteiger partial charge in [0, 0.05) is 18.5 Å². The first-order chi connectivity index (χ1) is 12.1. The van der Waals surface area contributed by atoms with Gasteiger partial charge in [0.1, 0.15) is 0 Å². The summed E-state index contributed by atoms with van der Waals surface area (Å²) in [5.74, 6) is 0.515. The van der Waals surface area contributed by atoms with E-state index in [1.165, 1.54) is 19.4 Å². The Morgan fingerprint density at radius 1 is 1.16 bits per heavy atom. The molecule has 1 unspecified atom stereocenters. The first-order valence-corrected chi connectivity index (χ1v) is 9.89. The largest absolute Gasteiger partial charge is 0.370 e. The number of hydrogen-bond donors (Lipinski definition) is 3. The molecule has 2 aliphatic rings. The van der Waals surface area contributed by atoms with Crippen molar-refractivity contribution in [2.24, 2.45) is 22.4 Å². The maximum Gasteiger partial charge on any atom is 0.220 e. The lowest BCUT2D eigenvalue weighted by atomic mass is 9.96. The van der Waals surface area contributed by atoms with Gasteiger partial charge in [-0.1, -0.05) is 6.92 Å². The van der Waals surface area contributed by atoms with Gasteiger partial charge < -0.3 is 21.7 Å². The molecule has 7 heteroatoms. The second-order valence-corrected chi connectivity index (χ2v) is 7.30. The number of likely N-dealkylation sites (tertiary alicyclic amines) is 2. The average molecular weight is 353 g/mol. The van der Waals surface area contributed by atoms with Crippen LogP contribution in [0.1, 0.15) is 45.4 Å². The summed E-state index contributed by atoms with van der Waals surface area (Å²) in [6.45, 7) is 9.24. The molecule has 2 aliphatic heterocycles. The van der Waals surface area contributed by atoms with E-state index in [4.69, 9.17) is 11.5 Å². The second-order valence-electron chi connectivity index (χ2n) is 7.30. The smallest absolute Gasteiger partial charge is 0.220 e. The molecule has 0 aromatic rings. The highest BCUT2D eigenvalue weighted by atomic mass is 16.1. The molecule has 0 aromatic heterocycles. The van der Waals surface area contributed by atoms with Gasteiger partial charge in [-0.25, -0.2) is 0 Å². The second kappa shape index (κ2) is 10.6. The Morgan fingerprint density at radius 2 is 1.92 bits per heavy atom. The predicted octanol–water partition coefficient (Wildman–Crippen LogP) is 0.353. The van der Waals surface area contributed by atoms with Crippen molar-refractivity contribution in [2.45, 2.75) is 51.5 Å². The number of nitrogens with two attached hydrogens (primary N) is 2. The number of guanidine groups is 1. The van der Waals surface area contributed by atoms with Crippen molar-refractivity contribution < 1.29 is 4.79 Å². The van der Waals surface area contributed by atoms with Crippen LogP contribution in [-0.2, 0) is 4.79 Å². The van der Waals surface area contributed by atoms with E-state index in [1.54, 1.807) is 0 Å². The molecule has 7 nitrogen and oxygen atoms in total. The molecule has 0 radical (unpaired) electrons.